The van der Waals surface area contributed by atoms with Gasteiger partial charge in [0.2, 0.25) is 0 Å². The van der Waals surface area contributed by atoms with Crippen LogP contribution in [0, 0.1) is 0 Å². The molecule has 4 heteroatoms. The zero-order valence-electron chi connectivity index (χ0n) is 8.83. The molecule has 3 aromatic rings. The molecule has 3 nitrogen and oxygen atoms in total. The van der Waals surface area contributed by atoms with E-state index in [0.29, 0.717) is 5.69 Å². The maximum atomic E-state index is 10.9. The molecule has 0 spiro atoms. The molecule has 0 aliphatic rings. The van der Waals surface area contributed by atoms with Crippen LogP contribution in [0.15, 0.2) is 42.0 Å². The van der Waals surface area contributed by atoms with Crippen LogP contribution >= 0.6 is 11.3 Å². The SMILES string of the molecule is O=Cc1ncsc1-c1ccc2cccnc2c1. The number of hydrogen-bond acceptors (Lipinski definition) is 4. The minimum Gasteiger partial charge on any atom is -0.296 e. The van der Waals surface area contributed by atoms with Gasteiger partial charge in [-0.05, 0) is 17.7 Å². The fourth-order valence-electron chi connectivity index (χ4n) is 1.76. The van der Waals surface area contributed by atoms with Crippen molar-refractivity contribution in [3.63, 3.8) is 0 Å². The number of aromatic nitrogens is 2. The highest BCUT2D eigenvalue weighted by atomic mass is 32.1. The number of hydrogen-bond donors (Lipinski definition) is 0. The molecule has 0 N–H and O–H groups in total. The van der Waals surface area contributed by atoms with Crippen molar-refractivity contribution in [3.05, 3.63) is 47.7 Å². The Morgan fingerprint density at radius 2 is 2.12 bits per heavy atom. The van der Waals surface area contributed by atoms with Gasteiger partial charge >= 0.3 is 0 Å². The molecule has 0 saturated heterocycles. The van der Waals surface area contributed by atoms with Crippen molar-refractivity contribution in [2.24, 2.45) is 0 Å². The number of nitrogens with zero attached hydrogens (tertiary/aromatic N) is 2. The summed E-state index contributed by atoms with van der Waals surface area (Å²) in [5.41, 5.74) is 4.09. The first-order chi connectivity index (χ1) is 8.38. The number of carbonyl (C=O) groups excluding carboxylic acids is 1. The van der Waals surface area contributed by atoms with Gasteiger partial charge in [-0.3, -0.25) is 9.78 Å². The lowest BCUT2D eigenvalue weighted by Crippen LogP contribution is -1.84. The highest BCUT2D eigenvalue weighted by molar-refractivity contribution is 7.13. The van der Waals surface area contributed by atoms with Crippen LogP contribution in [0.4, 0.5) is 0 Å². The molecule has 0 aliphatic carbocycles. The van der Waals surface area contributed by atoms with Gasteiger partial charge in [0, 0.05) is 11.6 Å². The maximum Gasteiger partial charge on any atom is 0.169 e. The molecule has 17 heavy (non-hydrogen) atoms. The molecule has 1 aromatic carbocycles. The van der Waals surface area contributed by atoms with Gasteiger partial charge in [-0.25, -0.2) is 4.98 Å². The summed E-state index contributed by atoms with van der Waals surface area (Å²) in [5.74, 6) is 0. The first-order valence-corrected chi connectivity index (χ1v) is 6.00. The minimum atomic E-state index is 0.491. The van der Waals surface area contributed by atoms with Crippen LogP contribution < -0.4 is 0 Å². The van der Waals surface area contributed by atoms with E-state index >= 15 is 0 Å². The molecule has 2 heterocycles. The van der Waals surface area contributed by atoms with Gasteiger partial charge in [-0.1, -0.05) is 18.2 Å². The Hall–Kier alpha value is -2.07. The average Bonchev–Trinajstić information content (AvgIpc) is 2.86. The minimum absolute atomic E-state index is 0.491. The Morgan fingerprint density at radius 3 is 3.00 bits per heavy atom. The van der Waals surface area contributed by atoms with Crippen LogP contribution in [-0.4, -0.2) is 16.3 Å². The van der Waals surface area contributed by atoms with E-state index in [9.17, 15) is 4.79 Å². The van der Waals surface area contributed by atoms with E-state index in [0.717, 1.165) is 27.6 Å². The zero-order chi connectivity index (χ0) is 11.7. The van der Waals surface area contributed by atoms with Gasteiger partial charge in [0.1, 0.15) is 5.69 Å². The summed E-state index contributed by atoms with van der Waals surface area (Å²) in [4.78, 5) is 20.1. The van der Waals surface area contributed by atoms with Gasteiger partial charge in [0.25, 0.3) is 0 Å². The van der Waals surface area contributed by atoms with E-state index in [4.69, 9.17) is 0 Å². The van der Waals surface area contributed by atoms with Gasteiger partial charge in [-0.2, -0.15) is 0 Å². The summed E-state index contributed by atoms with van der Waals surface area (Å²) in [6.07, 6.45) is 2.55. The molecular formula is C13H8N2OS. The Labute approximate surface area is 102 Å². The highest BCUT2D eigenvalue weighted by Gasteiger charge is 2.08. The van der Waals surface area contributed by atoms with Crippen molar-refractivity contribution in [1.29, 1.82) is 0 Å². The van der Waals surface area contributed by atoms with Gasteiger partial charge < -0.3 is 0 Å². The summed E-state index contributed by atoms with van der Waals surface area (Å²) < 4.78 is 0. The van der Waals surface area contributed by atoms with Crippen LogP contribution in [0.5, 0.6) is 0 Å². The van der Waals surface area contributed by atoms with E-state index < -0.39 is 0 Å². The Bertz CT molecular complexity index is 690. The van der Waals surface area contributed by atoms with E-state index in [1.165, 1.54) is 11.3 Å². The Morgan fingerprint density at radius 1 is 1.18 bits per heavy atom. The topological polar surface area (TPSA) is 42.9 Å². The monoisotopic (exact) mass is 240 g/mol. The molecule has 3 rings (SSSR count). The predicted octanol–water partition coefficient (Wildman–Crippen LogP) is 3.17. The molecular weight excluding hydrogens is 232 g/mol. The second-order valence-corrected chi connectivity index (χ2v) is 4.45. The first-order valence-electron chi connectivity index (χ1n) is 5.12. The summed E-state index contributed by atoms with van der Waals surface area (Å²) in [6.45, 7) is 0. The number of aldehydes is 1. The Balaban J connectivity index is 2.21. The van der Waals surface area contributed by atoms with Gasteiger partial charge in [0.05, 0.1) is 15.9 Å². The third-order valence-corrected chi connectivity index (χ3v) is 3.47. The number of thiazole rings is 1. The van der Waals surface area contributed by atoms with Crippen molar-refractivity contribution in [3.8, 4) is 10.4 Å². The molecule has 82 valence electrons. The summed E-state index contributed by atoms with van der Waals surface area (Å²) in [7, 11) is 0. The largest absolute Gasteiger partial charge is 0.296 e. The summed E-state index contributed by atoms with van der Waals surface area (Å²) in [5, 5.41) is 1.09. The maximum absolute atomic E-state index is 10.9. The number of pyridine rings is 1. The molecule has 0 fully saturated rings. The average molecular weight is 240 g/mol. The predicted molar refractivity (Wildman–Crippen MR) is 68.2 cm³/mol. The van der Waals surface area contributed by atoms with E-state index in [1.807, 2.05) is 30.3 Å². The summed E-state index contributed by atoms with van der Waals surface area (Å²) in [6, 6.07) is 9.90. The fraction of sp³-hybridized carbons (Fsp3) is 0. The van der Waals surface area contributed by atoms with E-state index in [1.54, 1.807) is 11.7 Å². The molecule has 0 aliphatic heterocycles. The van der Waals surface area contributed by atoms with Crippen molar-refractivity contribution in [1.82, 2.24) is 9.97 Å². The highest BCUT2D eigenvalue weighted by Crippen LogP contribution is 2.28. The lowest BCUT2D eigenvalue weighted by atomic mass is 10.1. The lowest BCUT2D eigenvalue weighted by molar-refractivity contribution is 0.112. The van der Waals surface area contributed by atoms with Crippen molar-refractivity contribution in [2.75, 3.05) is 0 Å². The smallest absolute Gasteiger partial charge is 0.169 e. The van der Waals surface area contributed by atoms with Crippen molar-refractivity contribution in [2.45, 2.75) is 0 Å². The number of carbonyl (C=O) groups is 1. The third-order valence-electron chi connectivity index (χ3n) is 2.57. The molecule has 0 bridgehead atoms. The van der Waals surface area contributed by atoms with E-state index in [2.05, 4.69) is 9.97 Å². The second-order valence-electron chi connectivity index (χ2n) is 3.60. The standard InChI is InChI=1S/C13H8N2OS/c16-7-12-13(17-8-15-12)10-4-3-9-2-1-5-14-11(9)6-10/h1-8H. The van der Waals surface area contributed by atoms with Crippen LogP contribution in [0.3, 0.4) is 0 Å². The van der Waals surface area contributed by atoms with Gasteiger partial charge in [-0.15, -0.1) is 11.3 Å². The molecule has 2 aromatic heterocycles. The number of benzene rings is 1. The van der Waals surface area contributed by atoms with Crippen LogP contribution in [0.1, 0.15) is 10.5 Å². The molecule has 0 saturated carbocycles. The fourth-order valence-corrected chi connectivity index (χ4v) is 2.52. The normalized spacial score (nSPS) is 10.6. The molecule has 0 radical (unpaired) electrons. The van der Waals surface area contributed by atoms with Crippen molar-refractivity contribution < 1.29 is 4.79 Å². The van der Waals surface area contributed by atoms with Crippen LogP contribution in [0.25, 0.3) is 21.3 Å². The third kappa shape index (κ3) is 1.72. The summed E-state index contributed by atoms with van der Waals surface area (Å²) >= 11 is 1.47. The Kier molecular flexibility index (Phi) is 2.42. The number of fused-ring (bicyclic) bond motifs is 1. The van der Waals surface area contributed by atoms with E-state index in [-0.39, 0.29) is 0 Å². The zero-order valence-corrected chi connectivity index (χ0v) is 9.65. The van der Waals surface area contributed by atoms with Gasteiger partial charge in [0.15, 0.2) is 6.29 Å². The molecule has 0 unspecified atom stereocenters. The first kappa shape index (κ1) is 10.1. The number of rotatable bonds is 2. The molecule has 0 amide bonds. The van der Waals surface area contributed by atoms with Crippen molar-refractivity contribution >= 4 is 28.5 Å². The quantitative estimate of drug-likeness (QED) is 0.646. The van der Waals surface area contributed by atoms with Crippen LogP contribution in [-0.2, 0) is 0 Å². The van der Waals surface area contributed by atoms with Crippen LogP contribution in [0.2, 0.25) is 0 Å². The lowest BCUT2D eigenvalue weighted by Gasteiger charge is -2.01. The molecule has 0 atom stereocenters. The second kappa shape index (κ2) is 4.07.